The molecule has 0 aliphatic carbocycles. The zero-order valence-electron chi connectivity index (χ0n) is 14.3. The summed E-state index contributed by atoms with van der Waals surface area (Å²) >= 11 is 0. The molecule has 2 rings (SSSR count). The van der Waals surface area contributed by atoms with Gasteiger partial charge in [-0.2, -0.15) is 0 Å². The molecular formula is C16H21NO7S. The average Bonchev–Trinajstić information content (AvgIpc) is 2.92. The van der Waals surface area contributed by atoms with Gasteiger partial charge < -0.3 is 19.5 Å². The number of amides is 1. The first-order valence-corrected chi connectivity index (χ1v) is 9.52. The average molecular weight is 371 g/mol. The standard InChI is InChI=1S/C16H21NO7S/c1-10(15(19)17(2)11-6-7-25(21,22)9-11)24-16(20)13-5-4-12(23-3)8-14(13)18/h4-5,8,10-11,18H,6-7,9H2,1-3H3/t10-,11+/m0/s1. The van der Waals surface area contributed by atoms with Gasteiger partial charge in [0.2, 0.25) is 0 Å². The van der Waals surface area contributed by atoms with Gasteiger partial charge in [0.25, 0.3) is 5.91 Å². The van der Waals surface area contributed by atoms with Crippen molar-refractivity contribution < 1.29 is 32.6 Å². The van der Waals surface area contributed by atoms with Crippen LogP contribution in [0.3, 0.4) is 0 Å². The van der Waals surface area contributed by atoms with E-state index in [0.717, 1.165) is 0 Å². The minimum Gasteiger partial charge on any atom is -0.507 e. The monoisotopic (exact) mass is 371 g/mol. The number of phenolic OH excluding ortho intramolecular Hbond substituents is 1. The van der Waals surface area contributed by atoms with Gasteiger partial charge in [-0.3, -0.25) is 4.79 Å². The second-order valence-corrected chi connectivity index (χ2v) is 8.17. The van der Waals surface area contributed by atoms with E-state index in [0.29, 0.717) is 12.2 Å². The van der Waals surface area contributed by atoms with E-state index < -0.39 is 33.9 Å². The number of ether oxygens (including phenoxy) is 2. The second-order valence-electron chi connectivity index (χ2n) is 5.94. The molecule has 25 heavy (non-hydrogen) atoms. The van der Waals surface area contributed by atoms with E-state index in [4.69, 9.17) is 9.47 Å². The zero-order chi connectivity index (χ0) is 18.8. The molecule has 1 aliphatic heterocycles. The van der Waals surface area contributed by atoms with E-state index in [1.54, 1.807) is 0 Å². The Morgan fingerprint density at radius 3 is 2.56 bits per heavy atom. The molecule has 9 heteroatoms. The summed E-state index contributed by atoms with van der Waals surface area (Å²) in [7, 11) is -0.212. The van der Waals surface area contributed by atoms with Crippen LogP contribution in [0.2, 0.25) is 0 Å². The van der Waals surface area contributed by atoms with Crippen molar-refractivity contribution in [1.82, 2.24) is 4.90 Å². The Morgan fingerprint density at radius 2 is 2.04 bits per heavy atom. The number of phenols is 1. The molecule has 1 aromatic rings. The van der Waals surface area contributed by atoms with Crippen molar-refractivity contribution in [1.29, 1.82) is 0 Å². The molecule has 0 bridgehead atoms. The number of methoxy groups -OCH3 is 1. The number of sulfone groups is 1. The quantitative estimate of drug-likeness (QED) is 0.754. The maximum Gasteiger partial charge on any atom is 0.342 e. The van der Waals surface area contributed by atoms with Gasteiger partial charge in [0.15, 0.2) is 15.9 Å². The van der Waals surface area contributed by atoms with E-state index in [9.17, 15) is 23.1 Å². The van der Waals surface area contributed by atoms with Crippen molar-refractivity contribution in [3.05, 3.63) is 23.8 Å². The van der Waals surface area contributed by atoms with Crippen LogP contribution in [0.4, 0.5) is 0 Å². The van der Waals surface area contributed by atoms with Gasteiger partial charge >= 0.3 is 5.97 Å². The van der Waals surface area contributed by atoms with Gasteiger partial charge in [-0.1, -0.05) is 0 Å². The van der Waals surface area contributed by atoms with Gasteiger partial charge in [-0.25, -0.2) is 13.2 Å². The Bertz CT molecular complexity index is 775. The molecule has 1 saturated heterocycles. The first kappa shape index (κ1) is 19.0. The molecule has 1 fully saturated rings. The number of likely N-dealkylation sites (N-methyl/N-ethyl adjacent to an activating group) is 1. The molecule has 1 N–H and O–H groups in total. The van der Waals surface area contributed by atoms with Gasteiger partial charge in [0.1, 0.15) is 17.1 Å². The minimum absolute atomic E-state index is 0.0448. The highest BCUT2D eigenvalue weighted by molar-refractivity contribution is 7.91. The lowest BCUT2D eigenvalue weighted by Crippen LogP contribution is -2.44. The van der Waals surface area contributed by atoms with Gasteiger partial charge in [-0.05, 0) is 25.5 Å². The van der Waals surface area contributed by atoms with Crippen molar-refractivity contribution in [3.8, 4) is 11.5 Å². The number of carbonyl (C=O) groups is 2. The van der Waals surface area contributed by atoms with E-state index in [1.165, 1.54) is 44.2 Å². The van der Waals surface area contributed by atoms with Crippen LogP contribution in [0.15, 0.2) is 18.2 Å². The molecule has 0 aromatic heterocycles. The smallest absolute Gasteiger partial charge is 0.342 e. The summed E-state index contributed by atoms with van der Waals surface area (Å²) in [6.45, 7) is 1.40. The van der Waals surface area contributed by atoms with Crippen molar-refractivity contribution in [3.63, 3.8) is 0 Å². The van der Waals surface area contributed by atoms with Crippen LogP contribution in [-0.2, 0) is 19.4 Å². The summed E-state index contributed by atoms with van der Waals surface area (Å²) in [5.74, 6) is -1.34. The molecule has 138 valence electrons. The molecule has 1 amide bonds. The summed E-state index contributed by atoms with van der Waals surface area (Å²) in [4.78, 5) is 25.8. The highest BCUT2D eigenvalue weighted by atomic mass is 32.2. The Morgan fingerprint density at radius 1 is 1.36 bits per heavy atom. The number of hydrogen-bond donors (Lipinski definition) is 1. The molecular weight excluding hydrogens is 350 g/mol. The Kier molecular flexibility index (Phi) is 5.56. The lowest BCUT2D eigenvalue weighted by molar-refractivity contribution is -0.140. The maximum atomic E-state index is 12.4. The van der Waals surface area contributed by atoms with Crippen LogP contribution in [-0.4, -0.2) is 68.1 Å². The maximum absolute atomic E-state index is 12.4. The highest BCUT2D eigenvalue weighted by Crippen LogP contribution is 2.24. The van der Waals surface area contributed by atoms with Crippen molar-refractivity contribution >= 4 is 21.7 Å². The van der Waals surface area contributed by atoms with Crippen LogP contribution in [0.1, 0.15) is 23.7 Å². The summed E-state index contributed by atoms with van der Waals surface area (Å²) in [5, 5.41) is 9.84. The van der Waals surface area contributed by atoms with E-state index in [-0.39, 0.29) is 22.8 Å². The molecule has 0 spiro atoms. The SMILES string of the molecule is COc1ccc(C(=O)O[C@@H](C)C(=O)N(C)[C@@H]2CCS(=O)(=O)C2)c(O)c1. The van der Waals surface area contributed by atoms with Crippen molar-refractivity contribution in [2.75, 3.05) is 25.7 Å². The number of aromatic hydroxyl groups is 1. The second kappa shape index (κ2) is 7.30. The van der Waals surface area contributed by atoms with Crippen molar-refractivity contribution in [2.24, 2.45) is 0 Å². The third-order valence-corrected chi connectivity index (χ3v) is 5.91. The fourth-order valence-electron chi connectivity index (χ4n) is 2.63. The summed E-state index contributed by atoms with van der Waals surface area (Å²) < 4.78 is 33.1. The molecule has 1 aliphatic rings. The van der Waals surface area contributed by atoms with E-state index in [2.05, 4.69) is 0 Å². The number of rotatable bonds is 5. The van der Waals surface area contributed by atoms with E-state index in [1.807, 2.05) is 0 Å². The molecule has 0 unspecified atom stereocenters. The van der Waals surface area contributed by atoms with E-state index >= 15 is 0 Å². The topological polar surface area (TPSA) is 110 Å². The molecule has 8 nitrogen and oxygen atoms in total. The predicted octanol–water partition coefficient (Wildman–Crippen LogP) is 0.592. The van der Waals surface area contributed by atoms with Crippen LogP contribution >= 0.6 is 0 Å². The Balaban J connectivity index is 2.02. The minimum atomic E-state index is -3.12. The Labute approximate surface area is 146 Å². The van der Waals surface area contributed by atoms with Crippen LogP contribution < -0.4 is 4.74 Å². The first-order valence-electron chi connectivity index (χ1n) is 7.69. The summed E-state index contributed by atoms with van der Waals surface area (Å²) in [6, 6.07) is 3.66. The van der Waals surface area contributed by atoms with Crippen molar-refractivity contribution in [2.45, 2.75) is 25.5 Å². The third-order valence-electron chi connectivity index (χ3n) is 4.16. The molecule has 0 radical (unpaired) electrons. The fraction of sp³-hybridized carbons (Fsp3) is 0.500. The lowest BCUT2D eigenvalue weighted by atomic mass is 10.2. The molecule has 2 atom stereocenters. The van der Waals surface area contributed by atoms with Crippen LogP contribution in [0.5, 0.6) is 11.5 Å². The Hall–Kier alpha value is -2.29. The van der Waals surface area contributed by atoms with Crippen LogP contribution in [0, 0.1) is 0 Å². The fourth-order valence-corrected chi connectivity index (χ4v) is 4.41. The zero-order valence-corrected chi connectivity index (χ0v) is 15.1. The number of esters is 1. The largest absolute Gasteiger partial charge is 0.507 e. The van der Waals surface area contributed by atoms with Gasteiger partial charge in [0.05, 0.1) is 18.6 Å². The van der Waals surface area contributed by atoms with Crippen LogP contribution in [0.25, 0.3) is 0 Å². The lowest BCUT2D eigenvalue weighted by Gasteiger charge is -2.26. The van der Waals surface area contributed by atoms with Gasteiger partial charge in [0, 0.05) is 19.2 Å². The number of nitrogens with zero attached hydrogens (tertiary/aromatic N) is 1. The molecule has 1 aromatic carbocycles. The number of carbonyl (C=O) groups excluding carboxylic acids is 2. The first-order chi connectivity index (χ1) is 11.6. The summed E-state index contributed by atoms with van der Waals surface area (Å²) in [5.41, 5.74) is -0.0912. The number of hydrogen-bond acceptors (Lipinski definition) is 7. The number of benzene rings is 1. The summed E-state index contributed by atoms with van der Waals surface area (Å²) in [6.07, 6.45) is -0.743. The normalized spacial score (nSPS) is 19.9. The molecule has 1 heterocycles. The predicted molar refractivity (Wildman–Crippen MR) is 89.4 cm³/mol. The highest BCUT2D eigenvalue weighted by Gasteiger charge is 2.35. The molecule has 0 saturated carbocycles. The van der Waals surface area contributed by atoms with Gasteiger partial charge in [-0.15, -0.1) is 0 Å². The third kappa shape index (κ3) is 4.41.